The first kappa shape index (κ1) is 12.4. The zero-order valence-electron chi connectivity index (χ0n) is 11.5. The molecule has 4 atom stereocenters. The van der Waals surface area contributed by atoms with E-state index < -0.39 is 0 Å². The molecule has 4 nitrogen and oxygen atoms in total. The van der Waals surface area contributed by atoms with Gasteiger partial charge in [-0.1, -0.05) is 35.9 Å². The molecule has 2 fully saturated rings. The molecule has 0 radical (unpaired) electrons. The van der Waals surface area contributed by atoms with Gasteiger partial charge in [0.15, 0.2) is 0 Å². The number of allylic oxidation sites excluding steroid dienone is 3. The first-order chi connectivity index (χ1) is 10.2. The number of carbonyl (C=O) groups excluding carboxylic acids is 2. The Labute approximate surface area is 122 Å². The largest absolute Gasteiger partial charge is 0.497 e. The van der Waals surface area contributed by atoms with Crippen molar-refractivity contribution in [1.29, 1.82) is 0 Å². The molecule has 1 aromatic carbocycles. The van der Waals surface area contributed by atoms with Crippen LogP contribution < -0.4 is 4.74 Å². The van der Waals surface area contributed by atoms with Gasteiger partial charge in [0.2, 0.25) is 0 Å². The molecule has 0 unspecified atom stereocenters. The SMILES string of the molecule is COc1ccc(C=C2[C@H]3C=C[C@@H]2[C@H]2C(=O)OC(=O)[C@H]23)cc1. The molecule has 1 saturated carbocycles. The first-order valence-corrected chi connectivity index (χ1v) is 6.98. The molecule has 21 heavy (non-hydrogen) atoms. The van der Waals surface area contributed by atoms with E-state index in [2.05, 4.69) is 6.08 Å². The summed E-state index contributed by atoms with van der Waals surface area (Å²) in [5.74, 6) is -0.582. The van der Waals surface area contributed by atoms with E-state index in [1.54, 1.807) is 7.11 Å². The topological polar surface area (TPSA) is 52.6 Å². The zero-order chi connectivity index (χ0) is 14.6. The predicted octanol–water partition coefficient (Wildman–Crippen LogP) is 2.21. The van der Waals surface area contributed by atoms with E-state index in [-0.39, 0.29) is 35.6 Å². The van der Waals surface area contributed by atoms with Crippen molar-refractivity contribution in [1.82, 2.24) is 0 Å². The van der Waals surface area contributed by atoms with Crippen LogP contribution in [0.2, 0.25) is 0 Å². The standard InChI is InChI=1S/C17H14O4/c1-20-10-4-2-9(3-5-10)8-13-11-6-7-12(13)15-14(11)16(18)21-17(15)19/h2-8,11-12,14-15H,1H3/t11-,12+,14+,15-. The molecule has 0 spiro atoms. The molecule has 4 heteroatoms. The third-order valence-electron chi connectivity index (χ3n) is 4.65. The number of carbonyl (C=O) groups is 2. The van der Waals surface area contributed by atoms with Gasteiger partial charge >= 0.3 is 11.9 Å². The molecule has 106 valence electrons. The maximum absolute atomic E-state index is 11.8. The van der Waals surface area contributed by atoms with Crippen LogP contribution in [-0.2, 0) is 14.3 Å². The summed E-state index contributed by atoms with van der Waals surface area (Å²) in [7, 11) is 1.63. The molecule has 1 heterocycles. The number of ether oxygens (including phenoxy) is 2. The third kappa shape index (κ3) is 1.68. The lowest BCUT2D eigenvalue weighted by Gasteiger charge is -2.11. The summed E-state index contributed by atoms with van der Waals surface area (Å²) < 4.78 is 9.92. The molecular formula is C17H14O4. The average Bonchev–Trinajstić information content (AvgIpc) is 3.12. The lowest BCUT2D eigenvalue weighted by molar-refractivity contribution is -0.154. The van der Waals surface area contributed by atoms with Gasteiger partial charge in [-0.2, -0.15) is 0 Å². The lowest BCUT2D eigenvalue weighted by Crippen LogP contribution is -2.21. The van der Waals surface area contributed by atoms with Crippen LogP contribution in [0, 0.1) is 23.7 Å². The van der Waals surface area contributed by atoms with Gasteiger partial charge in [-0.05, 0) is 17.7 Å². The number of rotatable bonds is 2. The minimum Gasteiger partial charge on any atom is -0.497 e. The fourth-order valence-corrected chi connectivity index (χ4v) is 3.69. The number of hydrogen-bond acceptors (Lipinski definition) is 4. The number of cyclic esters (lactones) is 2. The molecule has 2 aliphatic carbocycles. The third-order valence-corrected chi connectivity index (χ3v) is 4.65. The average molecular weight is 282 g/mol. The van der Waals surface area contributed by atoms with Crippen LogP contribution in [0.5, 0.6) is 5.75 Å². The second kappa shape index (κ2) is 4.32. The number of benzene rings is 1. The maximum atomic E-state index is 11.8. The summed E-state index contributed by atoms with van der Waals surface area (Å²) >= 11 is 0. The van der Waals surface area contributed by atoms with Crippen LogP contribution in [0.15, 0.2) is 42.0 Å². The Balaban J connectivity index is 1.69. The number of fused-ring (bicyclic) bond motifs is 5. The summed E-state index contributed by atoms with van der Waals surface area (Å²) in [6.07, 6.45) is 6.13. The predicted molar refractivity (Wildman–Crippen MR) is 75.2 cm³/mol. The van der Waals surface area contributed by atoms with Crippen molar-refractivity contribution in [3.8, 4) is 5.75 Å². The van der Waals surface area contributed by atoms with Gasteiger partial charge < -0.3 is 9.47 Å². The highest BCUT2D eigenvalue weighted by Crippen LogP contribution is 2.55. The van der Waals surface area contributed by atoms with Gasteiger partial charge in [-0.3, -0.25) is 9.59 Å². The second-order valence-electron chi connectivity index (χ2n) is 5.65. The number of esters is 2. The smallest absolute Gasteiger partial charge is 0.318 e. The molecule has 0 amide bonds. The molecule has 1 saturated heterocycles. The highest BCUT2D eigenvalue weighted by molar-refractivity contribution is 5.99. The molecule has 3 aliphatic rings. The van der Waals surface area contributed by atoms with E-state index in [0.717, 1.165) is 16.9 Å². The first-order valence-electron chi connectivity index (χ1n) is 6.98. The van der Waals surface area contributed by atoms with Crippen molar-refractivity contribution in [2.45, 2.75) is 0 Å². The van der Waals surface area contributed by atoms with Gasteiger partial charge in [-0.25, -0.2) is 0 Å². The minimum atomic E-state index is -0.373. The van der Waals surface area contributed by atoms with Crippen molar-refractivity contribution >= 4 is 18.0 Å². The van der Waals surface area contributed by atoms with Crippen molar-refractivity contribution in [2.75, 3.05) is 7.11 Å². The van der Waals surface area contributed by atoms with Crippen molar-refractivity contribution in [3.05, 3.63) is 47.6 Å². The van der Waals surface area contributed by atoms with Gasteiger partial charge in [0.1, 0.15) is 5.75 Å². The molecule has 2 bridgehead atoms. The highest BCUT2D eigenvalue weighted by atomic mass is 16.6. The van der Waals surface area contributed by atoms with Crippen LogP contribution in [0.1, 0.15) is 5.56 Å². The molecule has 1 aromatic rings. The number of methoxy groups -OCH3 is 1. The lowest BCUT2D eigenvalue weighted by atomic mass is 9.85. The van der Waals surface area contributed by atoms with Gasteiger partial charge in [0.25, 0.3) is 0 Å². The van der Waals surface area contributed by atoms with Crippen LogP contribution in [0.3, 0.4) is 0 Å². The van der Waals surface area contributed by atoms with E-state index in [1.165, 1.54) is 0 Å². The molecule has 0 aromatic heterocycles. The van der Waals surface area contributed by atoms with E-state index in [0.29, 0.717) is 0 Å². The summed E-state index contributed by atoms with van der Waals surface area (Å²) in [6.45, 7) is 0. The van der Waals surface area contributed by atoms with Crippen LogP contribution >= 0.6 is 0 Å². The fraction of sp³-hybridized carbons (Fsp3) is 0.294. The highest BCUT2D eigenvalue weighted by Gasteiger charge is 2.60. The van der Waals surface area contributed by atoms with Gasteiger partial charge in [-0.15, -0.1) is 0 Å². The Morgan fingerprint density at radius 3 is 2.10 bits per heavy atom. The van der Waals surface area contributed by atoms with E-state index in [1.807, 2.05) is 36.4 Å². The zero-order valence-corrected chi connectivity index (χ0v) is 11.5. The Morgan fingerprint density at radius 2 is 1.57 bits per heavy atom. The summed E-state index contributed by atoms with van der Waals surface area (Å²) in [6, 6.07) is 7.74. The summed E-state index contributed by atoms with van der Waals surface area (Å²) in [5.41, 5.74) is 2.19. The summed E-state index contributed by atoms with van der Waals surface area (Å²) in [5, 5.41) is 0. The number of hydrogen-bond donors (Lipinski definition) is 0. The molecule has 0 N–H and O–H groups in total. The Morgan fingerprint density at radius 1 is 1.00 bits per heavy atom. The Kier molecular flexibility index (Phi) is 2.55. The quantitative estimate of drug-likeness (QED) is 0.474. The molecular weight excluding hydrogens is 268 g/mol. The monoisotopic (exact) mass is 282 g/mol. The van der Waals surface area contributed by atoms with E-state index >= 15 is 0 Å². The Bertz CT molecular complexity index is 651. The normalized spacial score (nSPS) is 34.4. The summed E-state index contributed by atoms with van der Waals surface area (Å²) in [4.78, 5) is 23.6. The van der Waals surface area contributed by atoms with Crippen LogP contribution in [-0.4, -0.2) is 19.0 Å². The van der Waals surface area contributed by atoms with Crippen molar-refractivity contribution in [3.63, 3.8) is 0 Å². The van der Waals surface area contributed by atoms with Crippen molar-refractivity contribution < 1.29 is 19.1 Å². The van der Waals surface area contributed by atoms with Crippen LogP contribution in [0.25, 0.3) is 6.08 Å². The van der Waals surface area contributed by atoms with E-state index in [4.69, 9.17) is 9.47 Å². The molecule has 1 aliphatic heterocycles. The van der Waals surface area contributed by atoms with Gasteiger partial charge in [0.05, 0.1) is 18.9 Å². The minimum absolute atomic E-state index is 0.000974. The Hall–Kier alpha value is -2.36. The maximum Gasteiger partial charge on any atom is 0.318 e. The van der Waals surface area contributed by atoms with Crippen LogP contribution in [0.4, 0.5) is 0 Å². The van der Waals surface area contributed by atoms with E-state index in [9.17, 15) is 9.59 Å². The van der Waals surface area contributed by atoms with Crippen molar-refractivity contribution in [2.24, 2.45) is 23.7 Å². The fourth-order valence-electron chi connectivity index (χ4n) is 3.69. The second-order valence-corrected chi connectivity index (χ2v) is 5.65. The van der Waals surface area contributed by atoms with Gasteiger partial charge in [0, 0.05) is 11.8 Å². The molecule has 4 rings (SSSR count).